The van der Waals surface area contributed by atoms with Crippen molar-refractivity contribution in [2.24, 2.45) is 0 Å². The molecule has 0 fully saturated rings. The molecule has 0 spiro atoms. The van der Waals surface area contributed by atoms with Crippen LogP contribution in [-0.2, 0) is 0 Å². The van der Waals surface area contributed by atoms with E-state index in [-0.39, 0.29) is 11.4 Å². The van der Waals surface area contributed by atoms with E-state index in [2.05, 4.69) is 0 Å². The lowest BCUT2D eigenvalue weighted by Crippen LogP contribution is -2.08. The van der Waals surface area contributed by atoms with Gasteiger partial charge in [0.05, 0.1) is 26.7 Å². The van der Waals surface area contributed by atoms with Crippen LogP contribution in [0.4, 0.5) is 0 Å². The maximum absolute atomic E-state index is 12.9. The maximum atomic E-state index is 12.9. The lowest BCUT2D eigenvalue weighted by Gasteiger charge is -2.14. The van der Waals surface area contributed by atoms with Crippen LogP contribution in [0.5, 0.6) is 17.4 Å². The van der Waals surface area contributed by atoms with E-state index in [1.54, 1.807) is 49.6 Å². The van der Waals surface area contributed by atoms with Crippen molar-refractivity contribution in [2.75, 3.05) is 21.3 Å². The van der Waals surface area contributed by atoms with Crippen LogP contribution in [0.15, 0.2) is 51.7 Å². The van der Waals surface area contributed by atoms with Gasteiger partial charge in [-0.15, -0.1) is 0 Å². The molecule has 0 saturated carbocycles. The first kappa shape index (κ1) is 15.0. The Morgan fingerprint density at radius 3 is 2.35 bits per heavy atom. The molecule has 5 heteroatoms. The predicted octanol–water partition coefficient (Wildman–Crippen LogP) is 3.49. The quantitative estimate of drug-likeness (QED) is 0.738. The summed E-state index contributed by atoms with van der Waals surface area (Å²) in [5, 5.41) is 0.480. The first-order valence-electron chi connectivity index (χ1n) is 7.02. The molecular formula is C18H16O5. The lowest BCUT2D eigenvalue weighted by molar-refractivity contribution is 0.311. The molecular weight excluding hydrogens is 296 g/mol. The van der Waals surface area contributed by atoms with Crippen LogP contribution in [0.25, 0.3) is 22.1 Å². The zero-order chi connectivity index (χ0) is 16.4. The second-order valence-corrected chi connectivity index (χ2v) is 4.84. The first-order chi connectivity index (χ1) is 11.2. The molecule has 0 radical (unpaired) electrons. The molecule has 5 nitrogen and oxygen atoms in total. The minimum Gasteiger partial charge on any atom is -0.493 e. The van der Waals surface area contributed by atoms with Gasteiger partial charge in [0.1, 0.15) is 11.1 Å². The maximum Gasteiger partial charge on any atom is 0.296 e. The zero-order valence-corrected chi connectivity index (χ0v) is 13.1. The molecule has 118 valence electrons. The van der Waals surface area contributed by atoms with Crippen molar-refractivity contribution in [2.45, 2.75) is 0 Å². The summed E-state index contributed by atoms with van der Waals surface area (Å²) < 4.78 is 21.8. The molecule has 0 amide bonds. The third-order valence-electron chi connectivity index (χ3n) is 3.62. The Morgan fingerprint density at radius 1 is 0.870 bits per heavy atom. The molecule has 2 aromatic carbocycles. The van der Waals surface area contributed by atoms with Gasteiger partial charge in [0.2, 0.25) is 5.43 Å². The molecule has 0 saturated heterocycles. The van der Waals surface area contributed by atoms with Crippen molar-refractivity contribution in [1.82, 2.24) is 0 Å². The minimum atomic E-state index is -0.185. The second kappa shape index (κ2) is 6.04. The number of hydrogen-bond donors (Lipinski definition) is 0. The van der Waals surface area contributed by atoms with Gasteiger partial charge in [-0.2, -0.15) is 0 Å². The summed E-state index contributed by atoms with van der Waals surface area (Å²) in [7, 11) is 4.53. The van der Waals surface area contributed by atoms with E-state index < -0.39 is 0 Å². The Bertz CT molecular complexity index is 911. The van der Waals surface area contributed by atoms with Crippen LogP contribution < -0.4 is 19.6 Å². The second-order valence-electron chi connectivity index (χ2n) is 4.84. The fourth-order valence-electron chi connectivity index (χ4n) is 2.58. The zero-order valence-electron chi connectivity index (χ0n) is 13.1. The fraction of sp³-hybridized carbons (Fsp3) is 0.167. The molecule has 3 aromatic rings. The van der Waals surface area contributed by atoms with Crippen LogP contribution >= 0.6 is 0 Å². The normalized spacial score (nSPS) is 10.6. The monoisotopic (exact) mass is 312 g/mol. The van der Waals surface area contributed by atoms with Crippen molar-refractivity contribution >= 4 is 11.0 Å². The SMILES string of the molecule is COc1cccc(-c2c(OC)oc3ccccc3c2=O)c1OC. The van der Waals surface area contributed by atoms with Crippen LogP contribution in [0.2, 0.25) is 0 Å². The molecule has 0 aliphatic carbocycles. The summed E-state index contributed by atoms with van der Waals surface area (Å²) in [6, 6.07) is 12.4. The molecule has 0 unspecified atom stereocenters. The minimum absolute atomic E-state index is 0.139. The summed E-state index contributed by atoms with van der Waals surface area (Å²) >= 11 is 0. The van der Waals surface area contributed by atoms with Crippen molar-refractivity contribution in [3.8, 4) is 28.6 Å². The molecule has 23 heavy (non-hydrogen) atoms. The molecule has 0 atom stereocenters. The van der Waals surface area contributed by atoms with E-state index in [0.29, 0.717) is 33.6 Å². The van der Waals surface area contributed by atoms with Gasteiger partial charge in [0.15, 0.2) is 11.5 Å². The van der Waals surface area contributed by atoms with E-state index in [0.717, 1.165) is 0 Å². The van der Waals surface area contributed by atoms with E-state index in [1.165, 1.54) is 14.2 Å². The van der Waals surface area contributed by atoms with Gasteiger partial charge >= 0.3 is 0 Å². The average Bonchev–Trinajstić information content (AvgIpc) is 2.60. The van der Waals surface area contributed by atoms with Crippen LogP contribution in [0.3, 0.4) is 0 Å². The summed E-state index contributed by atoms with van der Waals surface area (Å²) in [5.41, 5.74) is 1.15. The molecule has 1 heterocycles. The number of benzene rings is 2. The van der Waals surface area contributed by atoms with Gasteiger partial charge in [-0.25, -0.2) is 0 Å². The first-order valence-corrected chi connectivity index (χ1v) is 7.02. The molecule has 3 rings (SSSR count). The Hall–Kier alpha value is -2.95. The number of ether oxygens (including phenoxy) is 3. The summed E-state index contributed by atoms with van der Waals surface area (Å²) in [6.07, 6.45) is 0. The molecule has 0 aliphatic heterocycles. The topological polar surface area (TPSA) is 57.9 Å². The largest absolute Gasteiger partial charge is 0.493 e. The van der Waals surface area contributed by atoms with Gasteiger partial charge < -0.3 is 18.6 Å². The van der Waals surface area contributed by atoms with E-state index in [1.807, 2.05) is 0 Å². The van der Waals surface area contributed by atoms with Crippen molar-refractivity contribution < 1.29 is 18.6 Å². The highest BCUT2D eigenvalue weighted by Gasteiger charge is 2.22. The van der Waals surface area contributed by atoms with E-state index in [9.17, 15) is 4.79 Å². The highest BCUT2D eigenvalue weighted by atomic mass is 16.6. The summed E-state index contributed by atoms with van der Waals surface area (Å²) in [5.74, 6) is 1.12. The van der Waals surface area contributed by atoms with Crippen molar-refractivity contribution in [3.63, 3.8) is 0 Å². The van der Waals surface area contributed by atoms with Crippen LogP contribution in [-0.4, -0.2) is 21.3 Å². The molecule has 0 bridgehead atoms. The van der Waals surface area contributed by atoms with Gasteiger partial charge in [-0.05, 0) is 24.3 Å². The highest BCUT2D eigenvalue weighted by molar-refractivity contribution is 5.86. The van der Waals surface area contributed by atoms with Crippen molar-refractivity contribution in [1.29, 1.82) is 0 Å². The number of hydrogen-bond acceptors (Lipinski definition) is 5. The number of methoxy groups -OCH3 is 3. The molecule has 0 aliphatic rings. The van der Waals surface area contributed by atoms with Gasteiger partial charge in [-0.1, -0.05) is 18.2 Å². The van der Waals surface area contributed by atoms with Gasteiger partial charge in [0, 0.05) is 5.56 Å². The Balaban J connectivity index is 2.41. The average molecular weight is 312 g/mol. The third-order valence-corrected chi connectivity index (χ3v) is 3.62. The lowest BCUT2D eigenvalue weighted by atomic mass is 10.0. The van der Waals surface area contributed by atoms with Crippen molar-refractivity contribution in [3.05, 3.63) is 52.7 Å². The summed E-state index contributed by atoms with van der Waals surface area (Å²) in [4.78, 5) is 12.9. The molecule has 0 N–H and O–H groups in total. The standard InChI is InChI=1S/C18H16O5/c1-20-14-10-6-8-12(17(14)21-2)15-16(19)11-7-4-5-9-13(11)23-18(15)22-3/h4-10H,1-3H3. The van der Waals surface area contributed by atoms with Gasteiger partial charge in [-0.3, -0.25) is 4.79 Å². The predicted molar refractivity (Wildman–Crippen MR) is 87.6 cm³/mol. The number of para-hydroxylation sites is 2. The van der Waals surface area contributed by atoms with Gasteiger partial charge in [0.25, 0.3) is 5.95 Å². The molecule has 1 aromatic heterocycles. The number of rotatable bonds is 4. The Morgan fingerprint density at radius 2 is 1.65 bits per heavy atom. The number of fused-ring (bicyclic) bond motifs is 1. The van der Waals surface area contributed by atoms with E-state index >= 15 is 0 Å². The highest BCUT2D eigenvalue weighted by Crippen LogP contribution is 2.40. The fourth-order valence-corrected chi connectivity index (χ4v) is 2.58. The summed E-state index contributed by atoms with van der Waals surface area (Å²) in [6.45, 7) is 0. The van der Waals surface area contributed by atoms with E-state index in [4.69, 9.17) is 18.6 Å². The van der Waals surface area contributed by atoms with Crippen LogP contribution in [0.1, 0.15) is 0 Å². The Kier molecular flexibility index (Phi) is 3.93. The Labute approximate surface area is 133 Å². The smallest absolute Gasteiger partial charge is 0.296 e. The third kappa shape index (κ3) is 2.40. The van der Waals surface area contributed by atoms with Crippen LogP contribution in [0, 0.1) is 0 Å².